The van der Waals surface area contributed by atoms with E-state index in [0.29, 0.717) is 13.1 Å². The van der Waals surface area contributed by atoms with Gasteiger partial charge in [0.05, 0.1) is 11.0 Å². The van der Waals surface area contributed by atoms with Gasteiger partial charge < -0.3 is 9.80 Å². The molecule has 3 heterocycles. The van der Waals surface area contributed by atoms with E-state index in [2.05, 4.69) is 9.88 Å². The third-order valence-corrected chi connectivity index (χ3v) is 5.50. The molecule has 25 heavy (non-hydrogen) atoms. The number of benzene rings is 1. The van der Waals surface area contributed by atoms with Gasteiger partial charge in [0, 0.05) is 44.8 Å². The van der Waals surface area contributed by atoms with Crippen LogP contribution >= 0.6 is 11.3 Å². The molecule has 0 spiro atoms. The van der Waals surface area contributed by atoms with Gasteiger partial charge in [-0.2, -0.15) is 0 Å². The number of para-hydroxylation sites is 2. The fraction of sp³-hybridized carbons (Fsp3) is 0.353. The third-order valence-electron chi connectivity index (χ3n) is 4.67. The van der Waals surface area contributed by atoms with Crippen LogP contribution in [0.25, 0.3) is 11.0 Å². The van der Waals surface area contributed by atoms with Gasteiger partial charge in [-0.3, -0.25) is 13.9 Å². The van der Waals surface area contributed by atoms with E-state index >= 15 is 0 Å². The SMILES string of the molecule is Cn1c(=O)n(CC(=O)N2CCN(c3nccs3)CC2)c2ccccc21. The van der Waals surface area contributed by atoms with Crippen LogP contribution in [0.4, 0.5) is 5.13 Å². The summed E-state index contributed by atoms with van der Waals surface area (Å²) in [4.78, 5) is 33.5. The van der Waals surface area contributed by atoms with Crippen LogP contribution in [0, 0.1) is 0 Å². The molecule has 2 aromatic heterocycles. The number of fused-ring (bicyclic) bond motifs is 1. The Labute approximate surface area is 148 Å². The van der Waals surface area contributed by atoms with Crippen molar-refractivity contribution in [3.63, 3.8) is 0 Å². The summed E-state index contributed by atoms with van der Waals surface area (Å²) in [5, 5.41) is 2.96. The van der Waals surface area contributed by atoms with Crippen molar-refractivity contribution in [2.24, 2.45) is 7.05 Å². The van der Waals surface area contributed by atoms with Crippen molar-refractivity contribution < 1.29 is 4.79 Å². The summed E-state index contributed by atoms with van der Waals surface area (Å²) in [5.41, 5.74) is 1.48. The second-order valence-corrected chi connectivity index (χ2v) is 6.97. The zero-order valence-corrected chi connectivity index (χ0v) is 14.8. The van der Waals surface area contributed by atoms with Crippen LogP contribution in [-0.4, -0.2) is 51.1 Å². The largest absolute Gasteiger partial charge is 0.345 e. The number of piperazine rings is 1. The standard InChI is InChI=1S/C17H19N5O2S/c1-19-13-4-2-3-5-14(13)22(17(19)24)12-15(23)20-7-9-21(10-8-20)16-18-6-11-25-16/h2-6,11H,7-10,12H2,1H3. The summed E-state index contributed by atoms with van der Waals surface area (Å²) < 4.78 is 3.15. The van der Waals surface area contributed by atoms with E-state index in [-0.39, 0.29) is 18.1 Å². The Hall–Kier alpha value is -2.61. The molecular weight excluding hydrogens is 338 g/mol. The van der Waals surface area contributed by atoms with Crippen LogP contribution in [0.1, 0.15) is 0 Å². The molecule has 1 fully saturated rings. The van der Waals surface area contributed by atoms with Gasteiger partial charge in [-0.25, -0.2) is 9.78 Å². The molecule has 0 bridgehead atoms. The molecule has 0 radical (unpaired) electrons. The number of aromatic nitrogens is 3. The lowest BCUT2D eigenvalue weighted by atomic mass is 10.3. The molecule has 0 N–H and O–H groups in total. The number of rotatable bonds is 3. The fourth-order valence-corrected chi connectivity index (χ4v) is 3.97. The average molecular weight is 357 g/mol. The van der Waals surface area contributed by atoms with E-state index in [1.54, 1.807) is 33.7 Å². The highest BCUT2D eigenvalue weighted by Crippen LogP contribution is 2.19. The van der Waals surface area contributed by atoms with Crippen molar-refractivity contribution >= 4 is 33.4 Å². The molecule has 4 rings (SSSR count). The van der Waals surface area contributed by atoms with Gasteiger partial charge in [0.1, 0.15) is 6.54 Å². The number of amides is 1. The highest BCUT2D eigenvalue weighted by Gasteiger charge is 2.23. The molecule has 1 saturated heterocycles. The normalized spacial score (nSPS) is 15.1. The summed E-state index contributed by atoms with van der Waals surface area (Å²) >= 11 is 1.61. The van der Waals surface area contributed by atoms with E-state index in [0.717, 1.165) is 29.3 Å². The molecule has 8 heteroatoms. The topological polar surface area (TPSA) is 63.4 Å². The summed E-state index contributed by atoms with van der Waals surface area (Å²) in [6, 6.07) is 7.55. The van der Waals surface area contributed by atoms with E-state index < -0.39 is 0 Å². The van der Waals surface area contributed by atoms with Crippen molar-refractivity contribution in [1.82, 2.24) is 19.0 Å². The maximum Gasteiger partial charge on any atom is 0.329 e. The van der Waals surface area contributed by atoms with Crippen LogP contribution in [-0.2, 0) is 18.4 Å². The summed E-state index contributed by atoms with van der Waals surface area (Å²) in [6.07, 6.45) is 1.80. The van der Waals surface area contributed by atoms with Gasteiger partial charge in [-0.15, -0.1) is 11.3 Å². The maximum atomic E-state index is 12.7. The second kappa shape index (κ2) is 6.36. The first kappa shape index (κ1) is 15.9. The highest BCUT2D eigenvalue weighted by atomic mass is 32.1. The second-order valence-electron chi connectivity index (χ2n) is 6.10. The lowest BCUT2D eigenvalue weighted by Crippen LogP contribution is -2.50. The van der Waals surface area contributed by atoms with Crippen molar-refractivity contribution in [3.05, 3.63) is 46.3 Å². The number of carbonyl (C=O) groups is 1. The van der Waals surface area contributed by atoms with Crippen LogP contribution in [0.2, 0.25) is 0 Å². The lowest BCUT2D eigenvalue weighted by molar-refractivity contribution is -0.132. The molecular formula is C17H19N5O2S. The molecule has 130 valence electrons. The molecule has 0 atom stereocenters. The van der Waals surface area contributed by atoms with Crippen molar-refractivity contribution in [2.75, 3.05) is 31.1 Å². The predicted molar refractivity (Wildman–Crippen MR) is 98.1 cm³/mol. The molecule has 3 aromatic rings. The monoisotopic (exact) mass is 357 g/mol. The zero-order chi connectivity index (χ0) is 17.4. The molecule has 0 aliphatic carbocycles. The number of aryl methyl sites for hydroxylation is 1. The minimum Gasteiger partial charge on any atom is -0.345 e. The van der Waals surface area contributed by atoms with Gasteiger partial charge >= 0.3 is 5.69 Å². The van der Waals surface area contributed by atoms with Crippen LogP contribution in [0.15, 0.2) is 40.6 Å². The van der Waals surface area contributed by atoms with Gasteiger partial charge in [0.25, 0.3) is 0 Å². The van der Waals surface area contributed by atoms with Crippen LogP contribution in [0.5, 0.6) is 0 Å². The van der Waals surface area contributed by atoms with Crippen molar-refractivity contribution in [2.45, 2.75) is 6.54 Å². The molecule has 7 nitrogen and oxygen atoms in total. The number of carbonyl (C=O) groups excluding carboxylic acids is 1. The smallest absolute Gasteiger partial charge is 0.329 e. The lowest BCUT2D eigenvalue weighted by Gasteiger charge is -2.34. The van der Waals surface area contributed by atoms with Crippen molar-refractivity contribution in [1.29, 1.82) is 0 Å². The van der Waals surface area contributed by atoms with Crippen molar-refractivity contribution in [3.8, 4) is 0 Å². The van der Waals surface area contributed by atoms with Crippen LogP contribution in [0.3, 0.4) is 0 Å². The molecule has 0 unspecified atom stereocenters. The van der Waals surface area contributed by atoms with E-state index in [4.69, 9.17) is 0 Å². The molecule has 1 amide bonds. The Balaban J connectivity index is 1.48. The summed E-state index contributed by atoms with van der Waals surface area (Å²) in [6.45, 7) is 2.92. The number of nitrogens with zero attached hydrogens (tertiary/aromatic N) is 5. The minimum absolute atomic E-state index is 0.0164. The summed E-state index contributed by atoms with van der Waals surface area (Å²) in [7, 11) is 1.73. The Morgan fingerprint density at radius 1 is 1.16 bits per heavy atom. The highest BCUT2D eigenvalue weighted by molar-refractivity contribution is 7.13. The van der Waals surface area contributed by atoms with Gasteiger partial charge in [0.2, 0.25) is 5.91 Å². The van der Waals surface area contributed by atoms with E-state index in [1.807, 2.05) is 34.5 Å². The maximum absolute atomic E-state index is 12.7. The molecule has 1 aliphatic heterocycles. The number of imidazole rings is 1. The molecule has 1 aromatic carbocycles. The number of anilines is 1. The van der Waals surface area contributed by atoms with Gasteiger partial charge in [0.15, 0.2) is 5.13 Å². The first-order valence-electron chi connectivity index (χ1n) is 8.21. The van der Waals surface area contributed by atoms with Gasteiger partial charge in [-0.1, -0.05) is 12.1 Å². The Morgan fingerprint density at radius 3 is 2.56 bits per heavy atom. The quantitative estimate of drug-likeness (QED) is 0.705. The molecule has 0 saturated carbocycles. The Kier molecular flexibility index (Phi) is 4.04. The van der Waals surface area contributed by atoms with Crippen LogP contribution < -0.4 is 10.6 Å². The average Bonchev–Trinajstić information content (AvgIpc) is 3.26. The predicted octanol–water partition coefficient (Wildman–Crippen LogP) is 1.15. The first-order valence-corrected chi connectivity index (χ1v) is 9.09. The first-order chi connectivity index (χ1) is 12.1. The van der Waals surface area contributed by atoms with E-state index in [9.17, 15) is 9.59 Å². The fourth-order valence-electron chi connectivity index (χ4n) is 3.27. The number of hydrogen-bond donors (Lipinski definition) is 0. The van der Waals surface area contributed by atoms with Gasteiger partial charge in [-0.05, 0) is 12.1 Å². The third kappa shape index (κ3) is 2.82. The number of thiazole rings is 1. The Morgan fingerprint density at radius 2 is 1.88 bits per heavy atom. The Bertz CT molecular complexity index is 951. The minimum atomic E-state index is -0.157. The number of hydrogen-bond acceptors (Lipinski definition) is 5. The zero-order valence-electron chi connectivity index (χ0n) is 14.0. The van der Waals surface area contributed by atoms with E-state index in [1.165, 1.54) is 0 Å². The molecule has 1 aliphatic rings. The summed E-state index contributed by atoms with van der Waals surface area (Å²) in [5.74, 6) is -0.0164.